The van der Waals surface area contributed by atoms with Crippen LogP contribution in [0.15, 0.2) is 0 Å². The molecule has 1 aliphatic rings. The number of hydrogen-bond acceptors (Lipinski definition) is 10. The van der Waals surface area contributed by atoms with Crippen LogP contribution in [-0.4, -0.2) is 86.9 Å². The van der Waals surface area contributed by atoms with Gasteiger partial charge in [0.25, 0.3) is 0 Å². The van der Waals surface area contributed by atoms with Crippen LogP contribution in [0.2, 0.25) is 0 Å². The molecule has 10 nitrogen and oxygen atoms in total. The minimum atomic E-state index is -0.319. The molecule has 0 spiro atoms. The summed E-state index contributed by atoms with van der Waals surface area (Å²) in [6.45, 7) is 9.91. The van der Waals surface area contributed by atoms with Crippen molar-refractivity contribution in [1.29, 1.82) is 0 Å². The third kappa shape index (κ3) is 35.6. The molecule has 1 aromatic rings. The number of carbonyl (C=O) groups excluding carboxylic acids is 5. The summed E-state index contributed by atoms with van der Waals surface area (Å²) in [5, 5.41) is 3.11. The smallest absolute Gasteiger partial charge is 1.00 e. The molecule has 0 N–H and O–H groups in total. The van der Waals surface area contributed by atoms with Crippen LogP contribution in [0.5, 0.6) is 0 Å². The second-order valence-corrected chi connectivity index (χ2v) is 19.1. The Morgan fingerprint density at radius 2 is 1.15 bits per heavy atom. The monoisotopic (exact) mass is 1050 g/mol. The van der Waals surface area contributed by atoms with Crippen LogP contribution in [-0.2, 0) is 46.4 Å². The molecular formula is C53H92ILiN2O8S-2. The van der Waals surface area contributed by atoms with Gasteiger partial charge in [-0.3, -0.25) is 32.0 Å². The zero-order chi connectivity index (χ0) is 46.9. The molecule has 0 saturated heterocycles. The van der Waals surface area contributed by atoms with E-state index < -0.39 is 0 Å². The van der Waals surface area contributed by atoms with Gasteiger partial charge in [-0.2, -0.15) is 6.42 Å². The molecule has 1 aromatic heterocycles. The molecule has 1 aliphatic heterocycles. The van der Waals surface area contributed by atoms with Crippen molar-refractivity contribution in [3.8, 4) is 0 Å². The number of fused-ring (bicyclic) bond motifs is 1. The molecular weight excluding hydrogens is 959 g/mol. The standard InChI is InChI=1S/C36H61N2O5S.C17H31O3.HI.Li/c1-5-7-9-11-13-16-20-30(21-17-14-12-10-8-6-2)35(40)42-26-19-15-18-22-34(39)38-24-23-31-32(29-44-33(31)28-38)36(41)43-27-25-37(3)4;1-2-3-4-5-6-10-13-16-20-17(19)14-11-8-7-9-12-15-18;;/h30H,5-28H2,1-4H3;2-14,16H2,1H3;1H;/q2*-1;;+1/p-1. The molecule has 0 radical (unpaired) electrons. The first-order valence-electron chi connectivity index (χ1n) is 26.0. The molecule has 0 aromatic carbocycles. The van der Waals surface area contributed by atoms with Crippen LogP contribution < -0.4 is 42.8 Å². The number of unbranched alkanes of at least 4 members (excludes halogenated alkanes) is 22. The Morgan fingerprint density at radius 1 is 0.652 bits per heavy atom. The summed E-state index contributed by atoms with van der Waals surface area (Å²) in [7, 11) is 3.89. The molecule has 0 aliphatic carbocycles. The summed E-state index contributed by atoms with van der Waals surface area (Å²) in [6, 6.07) is 0. The van der Waals surface area contributed by atoms with Crippen molar-refractivity contribution in [3.05, 3.63) is 21.4 Å². The van der Waals surface area contributed by atoms with Crippen LogP contribution in [0.3, 0.4) is 0 Å². The van der Waals surface area contributed by atoms with Crippen LogP contribution >= 0.6 is 11.3 Å². The maximum atomic E-state index is 12.9. The second-order valence-electron chi connectivity index (χ2n) is 18.2. The molecule has 0 bridgehead atoms. The number of hydrogen-bond donors (Lipinski definition) is 0. The normalized spacial score (nSPS) is 11.8. The quantitative estimate of drug-likeness (QED) is 0.0169. The van der Waals surface area contributed by atoms with E-state index in [0.717, 1.165) is 87.5 Å². The third-order valence-corrected chi connectivity index (χ3v) is 13.0. The Balaban J connectivity index is 0. The van der Waals surface area contributed by atoms with Crippen molar-refractivity contribution in [2.24, 2.45) is 5.92 Å². The number of ether oxygens (including phenoxy) is 3. The summed E-state index contributed by atoms with van der Waals surface area (Å²) >= 11 is 1.42. The molecule has 2 heterocycles. The van der Waals surface area contributed by atoms with Crippen molar-refractivity contribution in [2.45, 2.75) is 233 Å². The van der Waals surface area contributed by atoms with E-state index >= 15 is 0 Å². The molecule has 2 rings (SSSR count). The van der Waals surface area contributed by atoms with E-state index in [-0.39, 0.29) is 72.6 Å². The van der Waals surface area contributed by atoms with Crippen molar-refractivity contribution in [1.82, 2.24) is 9.80 Å². The van der Waals surface area contributed by atoms with E-state index in [9.17, 15) is 24.0 Å². The van der Waals surface area contributed by atoms with Gasteiger partial charge in [0.2, 0.25) is 11.9 Å². The average molecular weight is 1050 g/mol. The fourth-order valence-electron chi connectivity index (χ4n) is 7.90. The van der Waals surface area contributed by atoms with E-state index in [2.05, 4.69) is 26.2 Å². The first-order valence-corrected chi connectivity index (χ1v) is 26.8. The molecule has 378 valence electrons. The van der Waals surface area contributed by atoms with Crippen molar-refractivity contribution < 1.29 is 81.0 Å². The van der Waals surface area contributed by atoms with Gasteiger partial charge >= 0.3 is 30.8 Å². The minimum Gasteiger partial charge on any atom is -1.00 e. The summed E-state index contributed by atoms with van der Waals surface area (Å²) in [5.41, 5.74) is 1.52. The first kappa shape index (κ1) is 66.6. The van der Waals surface area contributed by atoms with Gasteiger partial charge in [-0.25, -0.2) is 0 Å². The largest absolute Gasteiger partial charge is 1.00 e. The molecule has 13 heteroatoms. The maximum Gasteiger partial charge on any atom is 1.00 e. The predicted molar refractivity (Wildman–Crippen MR) is 262 cm³/mol. The number of carbonyl (C=O) groups is 4. The van der Waals surface area contributed by atoms with Gasteiger partial charge in [-0.15, -0.1) is 5.56 Å². The van der Waals surface area contributed by atoms with E-state index in [0.29, 0.717) is 70.7 Å². The van der Waals surface area contributed by atoms with E-state index in [1.54, 1.807) is 0 Å². The fourth-order valence-corrected chi connectivity index (χ4v) is 8.88. The topological polar surface area (TPSA) is 120 Å². The summed E-state index contributed by atoms with van der Waals surface area (Å²) in [5.74, 6) is -0.221. The third-order valence-electron chi connectivity index (χ3n) is 12.1. The van der Waals surface area contributed by atoms with Crippen molar-refractivity contribution >= 4 is 41.4 Å². The number of rotatable bonds is 40. The summed E-state index contributed by atoms with van der Waals surface area (Å²) < 4.78 is 16.3. The number of amides is 1. The second kappa shape index (κ2) is 47.2. The van der Waals surface area contributed by atoms with Gasteiger partial charge in [0, 0.05) is 32.5 Å². The Kier molecular flexibility index (Phi) is 47.7. The van der Waals surface area contributed by atoms with Crippen LogP contribution in [0, 0.1) is 11.3 Å². The predicted octanol–water partition coefficient (Wildman–Crippen LogP) is 7.11. The van der Waals surface area contributed by atoms with Gasteiger partial charge in [0.05, 0.1) is 25.7 Å². The minimum absolute atomic E-state index is 0. The van der Waals surface area contributed by atoms with Gasteiger partial charge in [0.15, 0.2) is 0 Å². The van der Waals surface area contributed by atoms with E-state index in [1.807, 2.05) is 30.2 Å². The summed E-state index contributed by atoms with van der Waals surface area (Å²) in [4.78, 5) is 64.6. The summed E-state index contributed by atoms with van der Waals surface area (Å²) in [6.07, 6.45) is 35.7. The van der Waals surface area contributed by atoms with Gasteiger partial charge in [-0.1, -0.05) is 178 Å². The number of esters is 3. The molecule has 66 heavy (non-hydrogen) atoms. The molecule has 0 atom stereocenters. The first-order chi connectivity index (χ1) is 31.2. The van der Waals surface area contributed by atoms with Crippen molar-refractivity contribution in [3.63, 3.8) is 0 Å². The van der Waals surface area contributed by atoms with Crippen LogP contribution in [0.4, 0.5) is 0 Å². The van der Waals surface area contributed by atoms with E-state index in [4.69, 9.17) is 14.2 Å². The SMILES string of the molecule is CCCCCCCCC(CCCCCCCC)C(=O)OCCCCCC(=O)N1CCc2c(C(=O)OCCN(C)C)[c-]sc2C1.CCCCCCCCCOC(=O)CCCCCC[C-]=O.[I-].[Li+]. The van der Waals surface area contributed by atoms with Crippen LogP contribution in [0.25, 0.3) is 0 Å². The Morgan fingerprint density at radius 3 is 1.73 bits per heavy atom. The molecule has 1 amide bonds. The van der Waals surface area contributed by atoms with E-state index in [1.165, 1.54) is 114 Å². The zero-order valence-electron chi connectivity index (χ0n) is 42.9. The number of likely N-dealkylation sites (N-methyl/N-ethyl adjacent to an activating group) is 1. The average Bonchev–Trinajstić information content (AvgIpc) is 3.72. The zero-order valence-corrected chi connectivity index (χ0v) is 45.9. The van der Waals surface area contributed by atoms with Crippen molar-refractivity contribution in [2.75, 3.05) is 47.0 Å². The fraction of sp³-hybridized carbons (Fsp3) is 0.830. The Hall–Kier alpha value is -1.46. The number of halogens is 1. The maximum absolute atomic E-state index is 12.9. The molecule has 0 saturated carbocycles. The van der Waals surface area contributed by atoms with Gasteiger partial charge < -0.3 is 57.6 Å². The van der Waals surface area contributed by atoms with Gasteiger partial charge in [-0.05, 0) is 59.0 Å². The van der Waals surface area contributed by atoms with Gasteiger partial charge in [0.1, 0.15) is 0 Å². The van der Waals surface area contributed by atoms with Crippen LogP contribution in [0.1, 0.15) is 241 Å². The number of thiophene rings is 1. The Labute approximate surface area is 436 Å². The molecule has 0 fully saturated rings. The number of nitrogens with zero attached hydrogens (tertiary/aromatic N) is 2. The molecule has 0 unspecified atom stereocenters. The Bertz CT molecular complexity index is 1330.